The summed E-state index contributed by atoms with van der Waals surface area (Å²) in [5, 5.41) is 0.658. The largest absolute Gasteiger partial charge is 0.436 e. The van der Waals surface area contributed by atoms with Gasteiger partial charge in [-0.3, -0.25) is 4.90 Å². The maximum Gasteiger partial charge on any atom is 0.228 e. The first kappa shape index (κ1) is 16.6. The number of hydrogen-bond acceptors (Lipinski definition) is 3. The molecule has 0 N–H and O–H groups in total. The first-order valence-corrected chi connectivity index (χ1v) is 9.33. The second kappa shape index (κ2) is 6.81. The lowest BCUT2D eigenvalue weighted by Crippen LogP contribution is -2.38. The third-order valence-corrected chi connectivity index (χ3v) is 5.24. The summed E-state index contributed by atoms with van der Waals surface area (Å²) in [6, 6.07) is 14.0. The molecule has 0 radical (unpaired) electrons. The number of hydrogen-bond donors (Lipinski definition) is 0. The Hall–Kier alpha value is -1.84. The van der Waals surface area contributed by atoms with Gasteiger partial charge < -0.3 is 4.42 Å². The van der Waals surface area contributed by atoms with Gasteiger partial charge >= 0.3 is 0 Å². The Morgan fingerprint density at radius 1 is 1.12 bits per heavy atom. The molecule has 0 spiro atoms. The summed E-state index contributed by atoms with van der Waals surface area (Å²) in [5.41, 5.74) is 3.82. The second-order valence-corrected chi connectivity index (χ2v) is 7.85. The lowest BCUT2D eigenvalue weighted by molar-refractivity contribution is 0.134. The number of fused-ring (bicyclic) bond motifs is 1. The Morgan fingerprint density at radius 3 is 2.64 bits per heavy atom. The summed E-state index contributed by atoms with van der Waals surface area (Å²) >= 11 is 6.27. The fourth-order valence-electron chi connectivity index (χ4n) is 4.00. The van der Waals surface area contributed by atoms with E-state index in [4.69, 9.17) is 16.0 Å². The van der Waals surface area contributed by atoms with E-state index in [-0.39, 0.29) is 0 Å². The summed E-state index contributed by atoms with van der Waals surface area (Å²) in [5.74, 6) is 2.12. The molecule has 2 atom stereocenters. The van der Waals surface area contributed by atoms with Crippen LogP contribution in [-0.2, 0) is 6.54 Å². The van der Waals surface area contributed by atoms with Gasteiger partial charge in [-0.05, 0) is 48.1 Å². The van der Waals surface area contributed by atoms with Crippen molar-refractivity contribution in [1.82, 2.24) is 9.88 Å². The van der Waals surface area contributed by atoms with E-state index in [1.165, 1.54) is 25.1 Å². The van der Waals surface area contributed by atoms with E-state index in [1.54, 1.807) is 0 Å². The summed E-state index contributed by atoms with van der Waals surface area (Å²) in [6.45, 7) is 8.01. The van der Waals surface area contributed by atoms with Gasteiger partial charge in [-0.1, -0.05) is 43.6 Å². The number of aromatic nitrogens is 1. The van der Waals surface area contributed by atoms with Crippen LogP contribution in [0, 0.1) is 11.8 Å². The highest BCUT2D eigenvalue weighted by atomic mass is 35.5. The molecule has 3 nitrogen and oxygen atoms in total. The van der Waals surface area contributed by atoms with Gasteiger partial charge in [0.25, 0.3) is 0 Å². The van der Waals surface area contributed by atoms with Gasteiger partial charge in [0.15, 0.2) is 5.58 Å². The quantitative estimate of drug-likeness (QED) is 0.610. The van der Waals surface area contributed by atoms with E-state index in [0.29, 0.717) is 10.9 Å². The predicted octanol–water partition coefficient (Wildman–Crippen LogP) is 5.63. The molecule has 1 aliphatic heterocycles. The van der Waals surface area contributed by atoms with Crippen molar-refractivity contribution in [2.45, 2.75) is 26.8 Å². The molecule has 0 unspecified atom stereocenters. The van der Waals surface area contributed by atoms with E-state index in [9.17, 15) is 0 Å². The number of likely N-dealkylation sites (tertiary alicyclic amines) is 1. The van der Waals surface area contributed by atoms with E-state index in [0.717, 1.165) is 35.0 Å². The number of benzene rings is 2. The number of halogens is 1. The maximum atomic E-state index is 6.27. The molecule has 1 fully saturated rings. The Kier molecular flexibility index (Phi) is 4.53. The van der Waals surface area contributed by atoms with Crippen LogP contribution in [0.3, 0.4) is 0 Å². The fourth-order valence-corrected chi connectivity index (χ4v) is 4.22. The standard InChI is InChI=1S/C21H23ClN2O/c1-14-9-15(2)12-24(11-14)13-16-7-8-20-19(10-16)23-21(25-20)17-5-3-4-6-18(17)22/h3-8,10,14-15H,9,11-13H2,1-2H3/t14-,15+. The molecule has 4 heteroatoms. The highest BCUT2D eigenvalue weighted by molar-refractivity contribution is 6.33. The lowest BCUT2D eigenvalue weighted by atomic mass is 9.91. The van der Waals surface area contributed by atoms with Gasteiger partial charge in [0.2, 0.25) is 5.89 Å². The SMILES string of the molecule is C[C@@H]1C[C@H](C)CN(Cc2ccc3oc(-c4ccccc4Cl)nc3c2)C1. The van der Waals surface area contributed by atoms with Crippen LogP contribution in [0.5, 0.6) is 0 Å². The molecule has 25 heavy (non-hydrogen) atoms. The molecule has 130 valence electrons. The van der Waals surface area contributed by atoms with E-state index >= 15 is 0 Å². The van der Waals surface area contributed by atoms with E-state index < -0.39 is 0 Å². The minimum absolute atomic E-state index is 0.581. The first-order valence-electron chi connectivity index (χ1n) is 8.95. The van der Waals surface area contributed by atoms with Crippen LogP contribution < -0.4 is 0 Å². The summed E-state index contributed by atoms with van der Waals surface area (Å²) in [7, 11) is 0. The van der Waals surface area contributed by atoms with E-state index in [1.807, 2.05) is 30.3 Å². The van der Waals surface area contributed by atoms with Crippen LogP contribution in [0.25, 0.3) is 22.6 Å². The zero-order valence-electron chi connectivity index (χ0n) is 14.7. The molecule has 3 aromatic rings. The molecule has 1 saturated heterocycles. The first-order chi connectivity index (χ1) is 12.1. The average molecular weight is 355 g/mol. The second-order valence-electron chi connectivity index (χ2n) is 7.44. The molecule has 1 aromatic heterocycles. The maximum absolute atomic E-state index is 6.27. The lowest BCUT2D eigenvalue weighted by Gasteiger charge is -2.34. The number of nitrogens with zero attached hydrogens (tertiary/aromatic N) is 2. The van der Waals surface area contributed by atoms with Crippen LogP contribution in [0.1, 0.15) is 25.8 Å². The van der Waals surface area contributed by atoms with Crippen molar-refractivity contribution in [3.05, 3.63) is 53.1 Å². The van der Waals surface area contributed by atoms with Gasteiger partial charge in [0.1, 0.15) is 5.52 Å². The summed E-state index contributed by atoms with van der Waals surface area (Å²) in [4.78, 5) is 7.21. The molecule has 2 heterocycles. The fraction of sp³-hybridized carbons (Fsp3) is 0.381. The molecule has 2 aromatic carbocycles. The molecule has 0 saturated carbocycles. The van der Waals surface area contributed by atoms with Crippen LogP contribution in [0.4, 0.5) is 0 Å². The highest BCUT2D eigenvalue weighted by Gasteiger charge is 2.22. The number of piperidine rings is 1. The Balaban J connectivity index is 1.59. The monoisotopic (exact) mass is 354 g/mol. The van der Waals surface area contributed by atoms with Gasteiger partial charge in [0.05, 0.1) is 10.6 Å². The van der Waals surface area contributed by atoms with Crippen molar-refractivity contribution in [2.75, 3.05) is 13.1 Å². The Bertz CT molecular complexity index is 878. The smallest absolute Gasteiger partial charge is 0.228 e. The van der Waals surface area contributed by atoms with Crippen LogP contribution >= 0.6 is 11.6 Å². The van der Waals surface area contributed by atoms with Crippen molar-refractivity contribution < 1.29 is 4.42 Å². The van der Waals surface area contributed by atoms with Crippen LogP contribution in [0.15, 0.2) is 46.9 Å². The molecular formula is C21H23ClN2O. The summed E-state index contributed by atoms with van der Waals surface area (Å²) in [6.07, 6.45) is 1.33. The van der Waals surface area contributed by atoms with Gasteiger partial charge in [-0.15, -0.1) is 0 Å². The molecule has 4 rings (SSSR count). The van der Waals surface area contributed by atoms with Gasteiger partial charge in [-0.25, -0.2) is 4.98 Å². The zero-order chi connectivity index (χ0) is 17.4. The van der Waals surface area contributed by atoms with Crippen molar-refractivity contribution in [2.24, 2.45) is 11.8 Å². The molecule has 0 amide bonds. The average Bonchev–Trinajstić information content (AvgIpc) is 2.97. The minimum Gasteiger partial charge on any atom is -0.436 e. The van der Waals surface area contributed by atoms with Crippen LogP contribution in [-0.4, -0.2) is 23.0 Å². The normalized spacial score (nSPS) is 21.7. The van der Waals surface area contributed by atoms with Gasteiger partial charge in [-0.2, -0.15) is 0 Å². The van der Waals surface area contributed by atoms with Gasteiger partial charge in [0, 0.05) is 19.6 Å². The van der Waals surface area contributed by atoms with Crippen LogP contribution in [0.2, 0.25) is 5.02 Å². The number of oxazole rings is 1. The van der Waals surface area contributed by atoms with Crippen molar-refractivity contribution in [3.63, 3.8) is 0 Å². The molecule has 0 aliphatic carbocycles. The highest BCUT2D eigenvalue weighted by Crippen LogP contribution is 2.30. The minimum atomic E-state index is 0.581. The topological polar surface area (TPSA) is 29.3 Å². The molecular weight excluding hydrogens is 332 g/mol. The van der Waals surface area contributed by atoms with E-state index in [2.05, 4.69) is 35.9 Å². The van der Waals surface area contributed by atoms with Crippen molar-refractivity contribution in [3.8, 4) is 11.5 Å². The predicted molar refractivity (Wildman–Crippen MR) is 103 cm³/mol. The summed E-state index contributed by atoms with van der Waals surface area (Å²) < 4.78 is 5.90. The Morgan fingerprint density at radius 2 is 1.88 bits per heavy atom. The zero-order valence-corrected chi connectivity index (χ0v) is 15.5. The number of rotatable bonds is 3. The van der Waals surface area contributed by atoms with Crippen molar-refractivity contribution in [1.29, 1.82) is 0 Å². The third kappa shape index (κ3) is 3.58. The third-order valence-electron chi connectivity index (χ3n) is 4.91. The Labute approximate surface area is 153 Å². The molecule has 0 bridgehead atoms. The van der Waals surface area contributed by atoms with Crippen molar-refractivity contribution >= 4 is 22.7 Å². The molecule has 1 aliphatic rings.